The number of imidazole rings is 1. The average molecular weight is 563 g/mol. The maximum Gasteiger partial charge on any atom is 0.410 e. The molecule has 0 bridgehead atoms. The number of piperidine rings is 1. The van der Waals surface area contributed by atoms with E-state index in [0.29, 0.717) is 37.2 Å². The molecule has 10 nitrogen and oxygen atoms in total. The van der Waals surface area contributed by atoms with Crippen LogP contribution in [0.5, 0.6) is 0 Å². The fraction of sp³-hybridized carbons (Fsp3) is 0.655. The molecule has 0 aliphatic carbocycles. The molecule has 2 heterocycles. The quantitative estimate of drug-likeness (QED) is 0.414. The van der Waals surface area contributed by atoms with Crippen LogP contribution in [-0.4, -0.2) is 87.4 Å². The number of hydrogen-bond donors (Lipinski definition) is 1. The number of carbonyl (C=O) groups is 3. The minimum atomic E-state index is -1.29. The van der Waals surface area contributed by atoms with Gasteiger partial charge in [0.25, 0.3) is 5.91 Å². The van der Waals surface area contributed by atoms with Gasteiger partial charge in [0.05, 0.1) is 22.5 Å². The van der Waals surface area contributed by atoms with Crippen molar-refractivity contribution in [1.29, 1.82) is 0 Å². The first-order valence-electron chi connectivity index (χ1n) is 13.8. The van der Waals surface area contributed by atoms with Gasteiger partial charge in [-0.05, 0) is 71.1 Å². The SMILES string of the molecule is COCCCCn1c(C(=O)N(CC(C)C)[C@@H]2CN(C(=O)OC(C)(C)C)C[C@](C)(C(=O)O)C2)nc2ccc(F)cc21. The summed E-state index contributed by atoms with van der Waals surface area (Å²) in [6, 6.07) is 3.62. The molecule has 1 aliphatic heterocycles. The van der Waals surface area contributed by atoms with Crippen LogP contribution < -0.4 is 0 Å². The number of halogens is 1. The predicted octanol–water partition coefficient (Wildman–Crippen LogP) is 4.80. The molecule has 0 saturated carbocycles. The number of rotatable bonds is 10. The summed E-state index contributed by atoms with van der Waals surface area (Å²) in [7, 11) is 1.62. The lowest BCUT2D eigenvalue weighted by Gasteiger charge is -2.46. The fourth-order valence-corrected chi connectivity index (χ4v) is 5.14. The van der Waals surface area contributed by atoms with E-state index in [2.05, 4.69) is 4.98 Å². The van der Waals surface area contributed by atoms with Gasteiger partial charge in [-0.25, -0.2) is 14.2 Å². The molecule has 2 amide bonds. The number of carbonyl (C=O) groups excluding carboxylic acids is 2. The van der Waals surface area contributed by atoms with Crippen molar-refractivity contribution in [2.24, 2.45) is 11.3 Å². The van der Waals surface area contributed by atoms with Crippen LogP contribution in [0.15, 0.2) is 18.2 Å². The molecular weight excluding hydrogens is 519 g/mol. The second-order valence-electron chi connectivity index (χ2n) is 12.4. The van der Waals surface area contributed by atoms with Gasteiger partial charge in [-0.2, -0.15) is 0 Å². The minimum Gasteiger partial charge on any atom is -0.481 e. The van der Waals surface area contributed by atoms with E-state index in [1.54, 1.807) is 50.3 Å². The zero-order valence-corrected chi connectivity index (χ0v) is 24.7. The van der Waals surface area contributed by atoms with Crippen LogP contribution in [0.4, 0.5) is 9.18 Å². The molecule has 3 rings (SSSR count). The monoisotopic (exact) mass is 562 g/mol. The minimum absolute atomic E-state index is 0.0330. The standard InChI is InChI=1S/C29H43FN4O6/c1-19(2)16-34(21-15-29(6,26(36)37)18-32(17-21)27(38)40-28(3,4)5)25(35)24-31-22-11-10-20(30)14-23(22)33(24)12-8-9-13-39-7/h10-11,14,19,21H,8-9,12-13,15-18H2,1-7H3,(H,36,37)/t21-,29+/m0/s1. The molecule has 40 heavy (non-hydrogen) atoms. The largest absolute Gasteiger partial charge is 0.481 e. The van der Waals surface area contributed by atoms with Crippen molar-refractivity contribution >= 4 is 29.0 Å². The second-order valence-corrected chi connectivity index (χ2v) is 12.4. The number of amides is 2. The fourth-order valence-electron chi connectivity index (χ4n) is 5.14. The summed E-state index contributed by atoms with van der Waals surface area (Å²) in [4.78, 5) is 47.4. The summed E-state index contributed by atoms with van der Waals surface area (Å²) in [6.07, 6.45) is 0.970. The number of benzene rings is 1. The zero-order valence-electron chi connectivity index (χ0n) is 24.7. The number of hydrogen-bond acceptors (Lipinski definition) is 6. The van der Waals surface area contributed by atoms with Gasteiger partial charge in [-0.1, -0.05) is 13.8 Å². The van der Waals surface area contributed by atoms with E-state index in [1.165, 1.54) is 17.0 Å². The molecule has 1 aromatic heterocycles. The molecule has 1 N–H and O–H groups in total. The lowest BCUT2D eigenvalue weighted by Crippen LogP contribution is -2.60. The van der Waals surface area contributed by atoms with Crippen LogP contribution in [0, 0.1) is 17.2 Å². The molecule has 0 spiro atoms. The molecule has 1 aromatic carbocycles. The number of aliphatic carboxylic acids is 1. The molecule has 11 heteroatoms. The number of aromatic nitrogens is 2. The number of fused-ring (bicyclic) bond motifs is 1. The number of nitrogens with zero attached hydrogens (tertiary/aromatic N) is 4. The third-order valence-corrected chi connectivity index (χ3v) is 6.97. The highest BCUT2D eigenvalue weighted by atomic mass is 19.1. The van der Waals surface area contributed by atoms with Crippen LogP contribution in [0.3, 0.4) is 0 Å². The molecule has 2 atom stereocenters. The Balaban J connectivity index is 2.04. The summed E-state index contributed by atoms with van der Waals surface area (Å²) in [5.74, 6) is -1.66. The van der Waals surface area contributed by atoms with E-state index in [-0.39, 0.29) is 37.2 Å². The van der Waals surface area contributed by atoms with E-state index in [9.17, 15) is 23.9 Å². The highest BCUT2D eigenvalue weighted by Gasteiger charge is 2.47. The summed E-state index contributed by atoms with van der Waals surface area (Å²) in [5, 5.41) is 10.1. The van der Waals surface area contributed by atoms with Crippen LogP contribution in [0.2, 0.25) is 0 Å². The smallest absolute Gasteiger partial charge is 0.410 e. The van der Waals surface area contributed by atoms with Gasteiger partial charge >= 0.3 is 12.1 Å². The Morgan fingerprint density at radius 3 is 2.55 bits per heavy atom. The molecule has 222 valence electrons. The van der Waals surface area contributed by atoms with Gasteiger partial charge in [0, 0.05) is 39.9 Å². The molecule has 1 saturated heterocycles. The third-order valence-electron chi connectivity index (χ3n) is 6.97. The van der Waals surface area contributed by atoms with E-state index in [0.717, 1.165) is 6.42 Å². The number of carboxylic acids is 1. The number of methoxy groups -OCH3 is 1. The number of unbranched alkanes of at least 4 members (excludes halogenated alkanes) is 1. The van der Waals surface area contributed by atoms with Crippen LogP contribution in [-0.2, 0) is 20.8 Å². The topological polar surface area (TPSA) is 114 Å². The first-order chi connectivity index (χ1) is 18.6. The first-order valence-corrected chi connectivity index (χ1v) is 13.8. The van der Waals surface area contributed by atoms with Crippen molar-refractivity contribution < 1.29 is 33.4 Å². The highest BCUT2D eigenvalue weighted by molar-refractivity contribution is 5.95. The van der Waals surface area contributed by atoms with Gasteiger partial charge < -0.3 is 28.9 Å². The van der Waals surface area contributed by atoms with Crippen LogP contribution in [0.25, 0.3) is 11.0 Å². The van der Waals surface area contributed by atoms with Crippen LogP contribution >= 0.6 is 0 Å². The van der Waals surface area contributed by atoms with E-state index >= 15 is 0 Å². The van der Waals surface area contributed by atoms with Gasteiger partial charge in [0.2, 0.25) is 0 Å². The van der Waals surface area contributed by atoms with Gasteiger partial charge in [-0.15, -0.1) is 0 Å². The van der Waals surface area contributed by atoms with Crippen LogP contribution in [0.1, 0.15) is 71.4 Å². The van der Waals surface area contributed by atoms with Crippen molar-refractivity contribution in [1.82, 2.24) is 19.4 Å². The molecule has 0 radical (unpaired) electrons. The molecule has 0 unspecified atom stereocenters. The van der Waals surface area contributed by atoms with Crippen molar-refractivity contribution in [3.63, 3.8) is 0 Å². The lowest BCUT2D eigenvalue weighted by atomic mass is 9.79. The normalized spacial score (nSPS) is 19.7. The predicted molar refractivity (Wildman–Crippen MR) is 149 cm³/mol. The Morgan fingerprint density at radius 2 is 1.95 bits per heavy atom. The molecule has 1 aliphatic rings. The number of carboxylic acid groups (broad SMARTS) is 1. The Morgan fingerprint density at radius 1 is 1.25 bits per heavy atom. The summed E-state index contributed by atoms with van der Waals surface area (Å²) in [5.41, 5.74) is -1.05. The van der Waals surface area contributed by atoms with Crippen molar-refractivity contribution in [2.75, 3.05) is 33.4 Å². The first kappa shape index (κ1) is 31.3. The Labute approximate surface area is 235 Å². The summed E-state index contributed by atoms with van der Waals surface area (Å²) < 4.78 is 26.7. The Bertz CT molecular complexity index is 1220. The van der Waals surface area contributed by atoms with Gasteiger partial charge in [-0.3, -0.25) is 9.59 Å². The van der Waals surface area contributed by atoms with E-state index in [4.69, 9.17) is 9.47 Å². The number of aryl methyl sites for hydroxylation is 1. The molecular formula is C29H43FN4O6. The average Bonchev–Trinajstić information content (AvgIpc) is 3.20. The van der Waals surface area contributed by atoms with Gasteiger partial charge in [0.15, 0.2) is 5.82 Å². The number of likely N-dealkylation sites (tertiary alicyclic amines) is 1. The lowest BCUT2D eigenvalue weighted by molar-refractivity contribution is -0.152. The molecule has 1 fully saturated rings. The van der Waals surface area contributed by atoms with E-state index in [1.807, 2.05) is 13.8 Å². The summed E-state index contributed by atoms with van der Waals surface area (Å²) in [6.45, 7) is 12.2. The Kier molecular flexibility index (Phi) is 9.81. The highest BCUT2D eigenvalue weighted by Crippen LogP contribution is 2.34. The Hall–Kier alpha value is -3.21. The van der Waals surface area contributed by atoms with Crippen molar-refractivity contribution in [3.05, 3.63) is 29.8 Å². The van der Waals surface area contributed by atoms with Crippen molar-refractivity contribution in [2.45, 2.75) is 79.0 Å². The third kappa shape index (κ3) is 7.50. The second kappa shape index (κ2) is 12.5. The van der Waals surface area contributed by atoms with E-state index < -0.39 is 34.9 Å². The number of ether oxygens (including phenoxy) is 2. The zero-order chi connectivity index (χ0) is 29.8. The maximum atomic E-state index is 14.3. The maximum absolute atomic E-state index is 14.3. The summed E-state index contributed by atoms with van der Waals surface area (Å²) >= 11 is 0. The van der Waals surface area contributed by atoms with Gasteiger partial charge in [0.1, 0.15) is 11.4 Å². The molecule has 2 aromatic rings. The van der Waals surface area contributed by atoms with Crippen molar-refractivity contribution in [3.8, 4) is 0 Å².